The fourth-order valence-corrected chi connectivity index (χ4v) is 0. The molecule has 0 aliphatic carbocycles. The minimum absolute atomic E-state index is 0. The third-order valence-electron chi connectivity index (χ3n) is 0. The first kappa shape index (κ1) is 25.7. The predicted molar refractivity (Wildman–Crippen MR) is 42.0 cm³/mol. The number of rotatable bonds is 0. The van der Waals surface area contributed by atoms with E-state index in [0.717, 1.165) is 0 Å². The van der Waals surface area contributed by atoms with Crippen molar-refractivity contribution in [2.75, 3.05) is 0 Å². The summed E-state index contributed by atoms with van der Waals surface area (Å²) in [5, 5.41) is 7.65. The molecule has 0 saturated carbocycles. The van der Waals surface area contributed by atoms with Crippen LogP contribution < -0.4 is 10.3 Å². The first-order valence-electron chi connectivity index (χ1n) is 2.19. The number of nitrogens with two attached hydrogens (primary N) is 2. The first-order valence-corrected chi connectivity index (χ1v) is 6.57. The Morgan fingerprint density at radius 2 is 0.938 bits per heavy atom. The second-order valence-corrected chi connectivity index (χ2v) is 4.39. The van der Waals surface area contributed by atoms with E-state index >= 15 is 0 Å². The molecule has 0 amide bonds. The van der Waals surface area contributed by atoms with Gasteiger partial charge in [0.05, 0.1) is 0 Å². The van der Waals surface area contributed by atoms with Gasteiger partial charge in [0.15, 0.2) is 10.3 Å². The molecule has 0 aromatic heterocycles. The van der Waals surface area contributed by atoms with E-state index in [1.54, 1.807) is 0 Å². The maximum atomic E-state index is 8.97. The van der Waals surface area contributed by atoms with Crippen molar-refractivity contribution >= 4 is 30.9 Å². The maximum Gasteiger partial charge on any atom is 3.00 e. The molecule has 0 saturated heterocycles. The quantitative estimate of drug-likeness (QED) is 0.269. The van der Waals surface area contributed by atoms with Gasteiger partial charge in [0, 0.05) is 0 Å². The summed E-state index contributed by atoms with van der Waals surface area (Å²) in [4.78, 5) is 0. The molecule has 0 heterocycles. The van der Waals surface area contributed by atoms with Crippen LogP contribution in [0.25, 0.3) is 0 Å². The predicted octanol–water partition coefficient (Wildman–Crippen LogP) is -3.55. The molecule has 0 aromatic carbocycles. The van der Waals surface area contributed by atoms with Gasteiger partial charge in [0.25, 0.3) is 0 Å². The summed E-state index contributed by atoms with van der Waals surface area (Å²) in [6.45, 7) is 0. The van der Waals surface area contributed by atoms with Crippen molar-refractivity contribution in [2.24, 2.45) is 10.3 Å². The summed E-state index contributed by atoms with van der Waals surface area (Å²) in [7, 11) is -13.2. The first-order chi connectivity index (χ1) is 6.00. The van der Waals surface area contributed by atoms with Crippen molar-refractivity contribution in [3.05, 3.63) is 0 Å². The van der Waals surface area contributed by atoms with Crippen molar-refractivity contribution in [1.29, 1.82) is 4.78 Å². The molecular formula is H6GdN3O9S3. The Bertz CT molecular complexity index is 347. The van der Waals surface area contributed by atoms with E-state index in [9.17, 15) is 0 Å². The van der Waals surface area contributed by atoms with Gasteiger partial charge in [-0.15, -0.1) is 0 Å². The number of nitrogens with one attached hydrogen (secondary N) is 1. The largest absolute Gasteiger partial charge is 3.00 e. The molecule has 1 radical (unpaired) electrons. The molecule has 6 N–H and O–H groups in total. The Hall–Kier alpha value is 0.935. The van der Waals surface area contributed by atoms with Crippen molar-refractivity contribution < 1.29 is 79.2 Å². The van der Waals surface area contributed by atoms with E-state index < -0.39 is 30.9 Å². The summed E-state index contributed by atoms with van der Waals surface area (Å²) in [6.07, 6.45) is 0. The van der Waals surface area contributed by atoms with E-state index in [2.05, 4.69) is 10.3 Å². The Morgan fingerprint density at radius 1 is 0.938 bits per heavy atom. The second kappa shape index (κ2) is 9.91. The van der Waals surface area contributed by atoms with Crippen LogP contribution >= 0.6 is 0 Å². The van der Waals surface area contributed by atoms with Crippen LogP contribution in [0.2, 0.25) is 0 Å². The molecule has 0 atom stereocenters. The molecule has 0 fully saturated rings. The second-order valence-electron chi connectivity index (χ2n) is 1.46. The van der Waals surface area contributed by atoms with Crippen LogP contribution in [0.4, 0.5) is 0 Å². The van der Waals surface area contributed by atoms with E-state index in [-0.39, 0.29) is 39.9 Å². The van der Waals surface area contributed by atoms with E-state index in [4.69, 9.17) is 44.0 Å². The molecule has 0 bridgehead atoms. The third-order valence-corrected chi connectivity index (χ3v) is 0. The van der Waals surface area contributed by atoms with Gasteiger partial charge >= 0.3 is 50.2 Å². The van der Waals surface area contributed by atoms with Gasteiger partial charge in [-0.3, -0.25) is 13.5 Å². The monoisotopic (exact) mass is 446 g/mol. The van der Waals surface area contributed by atoms with Gasteiger partial charge in [0.1, 0.15) is 0 Å². The molecular weight excluding hydrogens is 439 g/mol. The Kier molecular flexibility index (Phi) is 15.9. The molecule has 0 aliphatic heterocycles. The van der Waals surface area contributed by atoms with Crippen molar-refractivity contribution in [3.8, 4) is 0 Å². The minimum Gasteiger partial charge on any atom is -0.775 e. The van der Waals surface area contributed by atoms with Gasteiger partial charge in [-0.25, -0.2) is 18.7 Å². The summed E-state index contributed by atoms with van der Waals surface area (Å²) in [5.41, 5.74) is 0. The van der Waals surface area contributed by atoms with Gasteiger partial charge in [-0.05, 0) is 0 Å². The van der Waals surface area contributed by atoms with Gasteiger partial charge < -0.3 is 13.7 Å². The molecule has 16 heteroatoms. The molecule has 12 nitrogen and oxygen atoms in total. The van der Waals surface area contributed by atoms with Gasteiger partial charge in [0.2, 0.25) is 0 Å². The average molecular weight is 446 g/mol. The van der Waals surface area contributed by atoms with Crippen molar-refractivity contribution in [1.82, 2.24) is 0 Å². The zero-order valence-electron chi connectivity index (χ0n) is 6.95. The van der Waals surface area contributed by atoms with E-state index in [1.807, 2.05) is 0 Å². The van der Waals surface area contributed by atoms with Gasteiger partial charge in [-0.2, -0.15) is 8.42 Å². The van der Waals surface area contributed by atoms with Crippen molar-refractivity contribution in [2.45, 2.75) is 0 Å². The van der Waals surface area contributed by atoms with Gasteiger partial charge in [-0.1, -0.05) is 10.3 Å². The van der Waals surface area contributed by atoms with Crippen LogP contribution in [0.15, 0.2) is 0 Å². The molecule has 0 spiro atoms. The summed E-state index contributed by atoms with van der Waals surface area (Å²) < 4.78 is 83.3. The smallest absolute Gasteiger partial charge is 0.775 e. The molecule has 0 aromatic rings. The third kappa shape index (κ3) is 3320. The minimum atomic E-state index is -4.67. The Morgan fingerprint density at radius 3 is 0.938 bits per heavy atom. The number of hydrogen-bond acceptors (Lipinski definition) is 9. The Labute approximate surface area is 124 Å². The van der Waals surface area contributed by atoms with E-state index in [1.165, 1.54) is 0 Å². The van der Waals surface area contributed by atoms with E-state index in [0.29, 0.717) is 0 Å². The molecule has 0 rings (SSSR count). The van der Waals surface area contributed by atoms with Crippen LogP contribution in [-0.2, 0) is 30.9 Å². The summed E-state index contributed by atoms with van der Waals surface area (Å²) >= 11 is 0. The topological polar surface area (TPSA) is 251 Å². The standard InChI is InChI=1S/Gd.3H3NO3S/c;3*1-5(2,3)4/h;3*(H3,1,2,3,4)/q+3;;;/p-3. The zero-order valence-corrected chi connectivity index (χ0v) is 11.7. The average Bonchev–Trinajstić information content (AvgIpc) is 1.41. The SMILES string of the molecule is N=S(=O)([O-])[O-].NS(=O)(=O)O.NS(=O)(=O)[O-].[Gd+3]. The molecule has 0 aliphatic rings. The maximum absolute atomic E-state index is 8.97. The van der Waals surface area contributed by atoms with Crippen LogP contribution in [0, 0.1) is 44.7 Å². The Balaban J connectivity index is -0.0000000655. The summed E-state index contributed by atoms with van der Waals surface area (Å²) in [5.74, 6) is 0. The fourth-order valence-electron chi connectivity index (χ4n) is 0. The number of hydrogen-bond donors (Lipinski definition) is 4. The van der Waals surface area contributed by atoms with Crippen molar-refractivity contribution in [3.63, 3.8) is 0 Å². The normalized spacial score (nSPS) is 10.9. The van der Waals surface area contributed by atoms with Crippen LogP contribution in [0.3, 0.4) is 0 Å². The van der Waals surface area contributed by atoms with Crippen LogP contribution in [-0.4, -0.2) is 39.3 Å². The van der Waals surface area contributed by atoms with Crippen LogP contribution in [0.5, 0.6) is 0 Å². The molecule has 16 heavy (non-hydrogen) atoms. The molecule has 101 valence electrons. The summed E-state index contributed by atoms with van der Waals surface area (Å²) in [6, 6.07) is 0. The fraction of sp³-hybridized carbons (Fsp3) is 0. The zero-order chi connectivity index (χ0) is 13.5. The van der Waals surface area contributed by atoms with Crippen LogP contribution in [0.1, 0.15) is 0 Å². The molecule has 0 unspecified atom stereocenters.